The van der Waals surface area contributed by atoms with Crippen molar-refractivity contribution >= 4 is 29.2 Å². The normalized spacial score (nSPS) is 22.3. The van der Waals surface area contributed by atoms with Gasteiger partial charge in [-0.15, -0.1) is 11.8 Å². The second-order valence-corrected chi connectivity index (χ2v) is 7.44. The van der Waals surface area contributed by atoms with Gasteiger partial charge in [-0.3, -0.25) is 0 Å². The van der Waals surface area contributed by atoms with E-state index in [0.29, 0.717) is 16.8 Å². The molecule has 0 bridgehead atoms. The highest BCUT2D eigenvalue weighted by molar-refractivity contribution is 8.06. The van der Waals surface area contributed by atoms with Crippen LogP contribution in [0, 0.1) is 0 Å². The summed E-state index contributed by atoms with van der Waals surface area (Å²) in [6.07, 6.45) is 1.10. The number of nitrogens with two attached hydrogens (primary N) is 1. The number of nitrogens with zero attached hydrogens (tertiary/aromatic N) is 2. The van der Waals surface area contributed by atoms with Gasteiger partial charge in [-0.1, -0.05) is 12.1 Å². The fraction of sp³-hybridized carbons (Fsp3) is 0.429. The van der Waals surface area contributed by atoms with E-state index in [9.17, 15) is 5.11 Å². The Morgan fingerprint density at radius 1 is 1.38 bits per heavy atom. The third-order valence-corrected chi connectivity index (χ3v) is 6.67. The first-order valence-electron chi connectivity index (χ1n) is 6.84. The van der Waals surface area contributed by atoms with Crippen molar-refractivity contribution in [3.8, 4) is 17.2 Å². The number of anilines is 1. The fourth-order valence-corrected chi connectivity index (χ4v) is 5.28. The number of rotatable bonds is 3. The second kappa shape index (κ2) is 6.19. The number of hydrogen-bond acceptors (Lipinski definition) is 7. The minimum atomic E-state index is 0.0590. The predicted octanol–water partition coefficient (Wildman–Crippen LogP) is 3.32. The molecule has 2 aromatic rings. The van der Waals surface area contributed by atoms with Gasteiger partial charge >= 0.3 is 0 Å². The van der Waals surface area contributed by atoms with Crippen LogP contribution in [0.5, 0.6) is 5.75 Å². The number of phenols is 1. The van der Waals surface area contributed by atoms with Gasteiger partial charge in [0.2, 0.25) is 0 Å². The van der Waals surface area contributed by atoms with Crippen molar-refractivity contribution in [2.24, 2.45) is 0 Å². The molecule has 0 spiro atoms. The Balaban J connectivity index is 1.86. The van der Waals surface area contributed by atoms with Crippen LogP contribution >= 0.6 is 23.5 Å². The number of nitrogen functional groups attached to an aromatic ring is 1. The lowest BCUT2D eigenvalue weighted by atomic mass is 10.2. The molecule has 21 heavy (non-hydrogen) atoms. The average molecular weight is 323 g/mol. The van der Waals surface area contributed by atoms with Crippen molar-refractivity contribution in [3.05, 3.63) is 24.0 Å². The van der Waals surface area contributed by atoms with Crippen LogP contribution in [0.4, 0.5) is 5.69 Å². The Morgan fingerprint density at radius 2 is 2.19 bits per heavy atom. The third-order valence-electron chi connectivity index (χ3n) is 3.42. The van der Waals surface area contributed by atoms with Gasteiger partial charge in [0, 0.05) is 22.3 Å². The van der Waals surface area contributed by atoms with Gasteiger partial charge in [-0.25, -0.2) is 0 Å². The lowest BCUT2D eigenvalue weighted by Crippen LogP contribution is -2.19. The Bertz CT molecular complexity index is 632. The van der Waals surface area contributed by atoms with Gasteiger partial charge in [0.25, 0.3) is 5.89 Å². The molecule has 0 aliphatic carbocycles. The average Bonchev–Trinajstić information content (AvgIpc) is 2.99. The van der Waals surface area contributed by atoms with Crippen LogP contribution in [0.1, 0.15) is 24.4 Å². The van der Waals surface area contributed by atoms with E-state index in [1.807, 2.05) is 23.5 Å². The Kier molecular flexibility index (Phi) is 4.30. The number of hydrogen-bond donors (Lipinski definition) is 2. The van der Waals surface area contributed by atoms with E-state index < -0.39 is 0 Å². The Hall–Kier alpha value is -1.34. The molecule has 1 fully saturated rings. The summed E-state index contributed by atoms with van der Waals surface area (Å²) >= 11 is 3.87. The molecule has 0 saturated carbocycles. The molecule has 2 heterocycles. The van der Waals surface area contributed by atoms with E-state index in [4.69, 9.17) is 10.3 Å². The lowest BCUT2D eigenvalue weighted by Gasteiger charge is -2.27. The summed E-state index contributed by atoms with van der Waals surface area (Å²) in [5, 5.41) is 14.4. The predicted molar refractivity (Wildman–Crippen MR) is 87.5 cm³/mol. The number of phenolic OH excluding ortho intramolecular Hbond substituents is 1. The summed E-state index contributed by atoms with van der Waals surface area (Å²) in [5.74, 6) is 3.55. The van der Waals surface area contributed by atoms with Crippen LogP contribution in [0.15, 0.2) is 22.7 Å². The Labute approximate surface area is 131 Å². The molecule has 1 aromatic carbocycles. The molecule has 5 nitrogen and oxygen atoms in total. The topological polar surface area (TPSA) is 85.2 Å². The molecule has 3 rings (SSSR count). The van der Waals surface area contributed by atoms with Gasteiger partial charge in [-0.05, 0) is 24.6 Å². The third kappa shape index (κ3) is 2.98. The zero-order valence-electron chi connectivity index (χ0n) is 11.7. The number of benzene rings is 1. The van der Waals surface area contributed by atoms with Crippen molar-refractivity contribution in [2.45, 2.75) is 23.8 Å². The van der Waals surface area contributed by atoms with E-state index in [2.05, 4.69) is 17.1 Å². The van der Waals surface area contributed by atoms with Gasteiger partial charge in [0.1, 0.15) is 5.75 Å². The lowest BCUT2D eigenvalue weighted by molar-refractivity contribution is 0.421. The first kappa shape index (κ1) is 14.6. The molecule has 2 atom stereocenters. The molecule has 112 valence electrons. The van der Waals surface area contributed by atoms with Gasteiger partial charge in [0.05, 0.1) is 10.9 Å². The largest absolute Gasteiger partial charge is 0.506 e. The molecule has 0 amide bonds. The van der Waals surface area contributed by atoms with Gasteiger partial charge < -0.3 is 15.4 Å². The van der Waals surface area contributed by atoms with Crippen LogP contribution in [-0.4, -0.2) is 32.0 Å². The molecular formula is C14H17N3O2S2. The molecule has 1 saturated heterocycles. The number of aromatic nitrogens is 2. The SMILES string of the molecule is CCC1SCCSC1c1noc(-c2ccc(O)c(N)c2)n1. The van der Waals surface area contributed by atoms with E-state index in [0.717, 1.165) is 23.6 Å². The summed E-state index contributed by atoms with van der Waals surface area (Å²) < 4.78 is 5.37. The van der Waals surface area contributed by atoms with Crippen molar-refractivity contribution in [2.75, 3.05) is 17.2 Å². The van der Waals surface area contributed by atoms with Crippen molar-refractivity contribution in [1.82, 2.24) is 10.1 Å². The highest BCUT2D eigenvalue weighted by atomic mass is 32.2. The maximum atomic E-state index is 9.47. The van der Waals surface area contributed by atoms with E-state index in [1.54, 1.807) is 12.1 Å². The van der Waals surface area contributed by atoms with Crippen LogP contribution in [0.3, 0.4) is 0 Å². The molecule has 1 aliphatic heterocycles. The van der Waals surface area contributed by atoms with E-state index in [-0.39, 0.29) is 11.0 Å². The zero-order chi connectivity index (χ0) is 14.8. The smallest absolute Gasteiger partial charge is 0.258 e. The highest BCUT2D eigenvalue weighted by Crippen LogP contribution is 2.43. The molecule has 1 aromatic heterocycles. The number of thioether (sulfide) groups is 2. The van der Waals surface area contributed by atoms with Crippen LogP contribution < -0.4 is 5.73 Å². The van der Waals surface area contributed by atoms with Crippen molar-refractivity contribution < 1.29 is 9.63 Å². The highest BCUT2D eigenvalue weighted by Gasteiger charge is 2.30. The summed E-state index contributed by atoms with van der Waals surface area (Å²) in [4.78, 5) is 4.52. The summed E-state index contributed by atoms with van der Waals surface area (Å²) in [5.41, 5.74) is 6.74. The first-order chi connectivity index (χ1) is 10.2. The molecule has 2 unspecified atom stereocenters. The summed E-state index contributed by atoms with van der Waals surface area (Å²) in [6.45, 7) is 2.19. The molecule has 7 heteroatoms. The molecular weight excluding hydrogens is 306 g/mol. The van der Waals surface area contributed by atoms with Crippen molar-refractivity contribution in [1.29, 1.82) is 0 Å². The first-order valence-corrected chi connectivity index (χ1v) is 8.94. The zero-order valence-corrected chi connectivity index (χ0v) is 13.3. The van der Waals surface area contributed by atoms with Gasteiger partial charge in [-0.2, -0.15) is 16.7 Å². The monoisotopic (exact) mass is 323 g/mol. The van der Waals surface area contributed by atoms with Crippen molar-refractivity contribution in [3.63, 3.8) is 0 Å². The van der Waals surface area contributed by atoms with Crippen LogP contribution in [0.2, 0.25) is 0 Å². The molecule has 0 radical (unpaired) electrons. The number of aromatic hydroxyl groups is 1. The second-order valence-electron chi connectivity index (χ2n) is 4.84. The van der Waals surface area contributed by atoms with Crippen LogP contribution in [0.25, 0.3) is 11.5 Å². The Morgan fingerprint density at radius 3 is 2.95 bits per heavy atom. The maximum absolute atomic E-state index is 9.47. The molecule has 1 aliphatic rings. The minimum absolute atomic E-state index is 0.0590. The quantitative estimate of drug-likeness (QED) is 0.662. The van der Waals surface area contributed by atoms with Crippen LogP contribution in [-0.2, 0) is 0 Å². The summed E-state index contributed by atoms with van der Waals surface area (Å²) in [7, 11) is 0. The molecule has 3 N–H and O–H groups in total. The summed E-state index contributed by atoms with van der Waals surface area (Å²) in [6, 6.07) is 4.91. The van der Waals surface area contributed by atoms with Gasteiger partial charge in [0.15, 0.2) is 5.82 Å². The minimum Gasteiger partial charge on any atom is -0.506 e. The fourth-order valence-electron chi connectivity index (χ4n) is 2.30. The van der Waals surface area contributed by atoms with E-state index in [1.165, 1.54) is 11.8 Å². The standard InChI is InChI=1S/C14H17N3O2S2/c1-2-11-12(21-6-5-20-11)13-16-14(19-17-13)8-3-4-10(18)9(15)7-8/h3-4,7,11-12,18H,2,5-6,15H2,1H3. The maximum Gasteiger partial charge on any atom is 0.258 e. The van der Waals surface area contributed by atoms with E-state index >= 15 is 0 Å².